The lowest BCUT2D eigenvalue weighted by atomic mass is 10.2. The van der Waals surface area contributed by atoms with E-state index in [0.29, 0.717) is 28.0 Å². The van der Waals surface area contributed by atoms with Crippen LogP contribution in [0, 0.1) is 10.8 Å². The van der Waals surface area contributed by atoms with Crippen molar-refractivity contribution >= 4 is 34.9 Å². The molecule has 3 heterocycles. The summed E-state index contributed by atoms with van der Waals surface area (Å²) in [5, 5.41) is 16.4. The van der Waals surface area contributed by atoms with E-state index in [1.165, 1.54) is 10.8 Å². The molecule has 0 unspecified atom stereocenters. The number of halogens is 1. The summed E-state index contributed by atoms with van der Waals surface area (Å²) >= 11 is 5.97. The van der Waals surface area contributed by atoms with Gasteiger partial charge in [0.15, 0.2) is 17.0 Å². The molecular formula is C14H18ClN7. The molecule has 1 aliphatic rings. The third kappa shape index (κ3) is 2.46. The molecule has 0 amide bonds. The van der Waals surface area contributed by atoms with Crippen LogP contribution in [0.1, 0.15) is 6.92 Å². The number of piperazine rings is 1. The number of rotatable bonds is 2. The molecule has 7 nitrogen and oxygen atoms in total. The van der Waals surface area contributed by atoms with Gasteiger partial charge in [-0.1, -0.05) is 11.6 Å². The van der Waals surface area contributed by atoms with Gasteiger partial charge in [0, 0.05) is 31.9 Å². The highest BCUT2D eigenvalue weighted by molar-refractivity contribution is 6.31. The molecule has 2 aromatic rings. The number of fused-ring (bicyclic) bond motifs is 1. The highest BCUT2D eigenvalue weighted by Crippen LogP contribution is 2.18. The Balaban J connectivity index is 2.15. The average molecular weight is 320 g/mol. The summed E-state index contributed by atoms with van der Waals surface area (Å²) in [4.78, 5) is 13.1. The summed E-state index contributed by atoms with van der Waals surface area (Å²) in [6, 6.07) is 2.06. The van der Waals surface area contributed by atoms with E-state index in [1.807, 2.05) is 0 Å². The SMILES string of the molecule is C[C@H]1CN(c2nc3ncc(Cl)cc3n(C=N)c2=N)CCN1C. The maximum Gasteiger partial charge on any atom is 0.178 e. The second-order valence-corrected chi connectivity index (χ2v) is 5.99. The summed E-state index contributed by atoms with van der Waals surface area (Å²) in [5.74, 6) is 0.561. The molecule has 3 rings (SSSR count). The van der Waals surface area contributed by atoms with Crippen molar-refractivity contribution < 1.29 is 0 Å². The van der Waals surface area contributed by atoms with E-state index in [0.717, 1.165) is 26.0 Å². The van der Waals surface area contributed by atoms with Crippen LogP contribution in [-0.2, 0) is 0 Å². The van der Waals surface area contributed by atoms with Gasteiger partial charge in [-0.2, -0.15) is 0 Å². The van der Waals surface area contributed by atoms with Crippen LogP contribution in [0.2, 0.25) is 5.02 Å². The van der Waals surface area contributed by atoms with Gasteiger partial charge in [-0.05, 0) is 20.0 Å². The molecule has 0 saturated carbocycles. The highest BCUT2D eigenvalue weighted by atomic mass is 35.5. The van der Waals surface area contributed by atoms with Crippen molar-refractivity contribution in [3.8, 4) is 0 Å². The van der Waals surface area contributed by atoms with Gasteiger partial charge in [0.1, 0.15) is 0 Å². The molecule has 2 aromatic heterocycles. The number of aromatic nitrogens is 3. The first-order valence-corrected chi connectivity index (χ1v) is 7.47. The predicted octanol–water partition coefficient (Wildman–Crippen LogP) is 1.16. The Labute approximate surface area is 133 Å². The maximum absolute atomic E-state index is 8.37. The molecule has 8 heteroatoms. The lowest BCUT2D eigenvalue weighted by Gasteiger charge is -2.38. The van der Waals surface area contributed by atoms with Gasteiger partial charge < -0.3 is 9.80 Å². The van der Waals surface area contributed by atoms with Gasteiger partial charge >= 0.3 is 0 Å². The molecule has 2 N–H and O–H groups in total. The van der Waals surface area contributed by atoms with E-state index in [9.17, 15) is 0 Å². The fraction of sp³-hybridized carbons (Fsp3) is 0.429. The van der Waals surface area contributed by atoms with Crippen molar-refractivity contribution in [3.05, 3.63) is 22.8 Å². The molecular weight excluding hydrogens is 302 g/mol. The van der Waals surface area contributed by atoms with Gasteiger partial charge in [-0.3, -0.25) is 15.4 Å². The minimum absolute atomic E-state index is 0.184. The maximum atomic E-state index is 8.37. The lowest BCUT2D eigenvalue weighted by molar-refractivity contribution is 0.233. The second kappa shape index (κ2) is 5.66. The summed E-state index contributed by atoms with van der Waals surface area (Å²) in [6.07, 6.45) is 2.64. The Morgan fingerprint density at radius 2 is 2.18 bits per heavy atom. The molecule has 0 bridgehead atoms. The summed E-state index contributed by atoms with van der Waals surface area (Å²) < 4.78 is 1.46. The third-order valence-corrected chi connectivity index (χ3v) is 4.33. The molecule has 1 atom stereocenters. The van der Waals surface area contributed by atoms with Gasteiger partial charge in [0.25, 0.3) is 0 Å². The Bertz CT molecular complexity index is 785. The van der Waals surface area contributed by atoms with Crippen LogP contribution in [-0.4, -0.2) is 58.5 Å². The van der Waals surface area contributed by atoms with E-state index in [1.54, 1.807) is 6.07 Å². The molecule has 1 saturated heterocycles. The van der Waals surface area contributed by atoms with E-state index in [4.69, 9.17) is 22.4 Å². The van der Waals surface area contributed by atoms with Crippen LogP contribution >= 0.6 is 11.6 Å². The van der Waals surface area contributed by atoms with Crippen LogP contribution in [0.15, 0.2) is 12.3 Å². The fourth-order valence-electron chi connectivity index (χ4n) is 2.66. The topological polar surface area (TPSA) is 84.9 Å². The van der Waals surface area contributed by atoms with Crippen molar-refractivity contribution in [1.29, 1.82) is 10.8 Å². The van der Waals surface area contributed by atoms with Crippen molar-refractivity contribution in [3.63, 3.8) is 0 Å². The number of nitrogens with zero attached hydrogens (tertiary/aromatic N) is 5. The summed E-state index contributed by atoms with van der Waals surface area (Å²) in [5.41, 5.74) is 1.24. The number of hydrogen-bond acceptors (Lipinski definition) is 6. The zero-order valence-electron chi connectivity index (χ0n) is 12.5. The fourth-order valence-corrected chi connectivity index (χ4v) is 2.81. The number of likely N-dealkylation sites (N-methyl/N-ethyl adjacent to an activating group) is 1. The monoisotopic (exact) mass is 319 g/mol. The minimum atomic E-state index is 0.184. The first-order chi connectivity index (χ1) is 10.5. The Kier molecular flexibility index (Phi) is 3.84. The van der Waals surface area contributed by atoms with Crippen molar-refractivity contribution in [2.24, 2.45) is 0 Å². The lowest BCUT2D eigenvalue weighted by Crippen LogP contribution is -2.52. The molecule has 0 aromatic carbocycles. The molecule has 22 heavy (non-hydrogen) atoms. The molecule has 0 spiro atoms. The number of pyridine rings is 1. The van der Waals surface area contributed by atoms with Gasteiger partial charge in [-0.15, -0.1) is 0 Å². The highest BCUT2D eigenvalue weighted by Gasteiger charge is 2.24. The average Bonchev–Trinajstić information content (AvgIpc) is 2.50. The zero-order valence-corrected chi connectivity index (χ0v) is 13.3. The Morgan fingerprint density at radius 3 is 2.86 bits per heavy atom. The number of anilines is 1. The van der Waals surface area contributed by atoms with E-state index < -0.39 is 0 Å². The quantitative estimate of drug-likeness (QED) is 0.642. The van der Waals surface area contributed by atoms with Crippen LogP contribution < -0.4 is 10.4 Å². The van der Waals surface area contributed by atoms with Crippen molar-refractivity contribution in [2.45, 2.75) is 13.0 Å². The zero-order chi connectivity index (χ0) is 15.9. The van der Waals surface area contributed by atoms with Gasteiger partial charge in [-0.25, -0.2) is 9.97 Å². The molecule has 116 valence electrons. The predicted molar refractivity (Wildman–Crippen MR) is 86.9 cm³/mol. The molecule has 1 aliphatic heterocycles. The number of nitrogens with one attached hydrogen (secondary N) is 2. The van der Waals surface area contributed by atoms with Gasteiger partial charge in [0.05, 0.1) is 16.9 Å². The van der Waals surface area contributed by atoms with Gasteiger partial charge in [0.2, 0.25) is 0 Å². The first kappa shape index (κ1) is 14.9. The van der Waals surface area contributed by atoms with Crippen LogP contribution in [0.5, 0.6) is 0 Å². The Morgan fingerprint density at radius 1 is 1.41 bits per heavy atom. The van der Waals surface area contributed by atoms with Crippen molar-refractivity contribution in [2.75, 3.05) is 31.6 Å². The Hall–Kier alpha value is -1.99. The minimum Gasteiger partial charge on any atom is -0.351 e. The van der Waals surface area contributed by atoms with Crippen LogP contribution in [0.3, 0.4) is 0 Å². The molecule has 1 fully saturated rings. The number of hydrogen-bond donors (Lipinski definition) is 2. The smallest absolute Gasteiger partial charge is 0.178 e. The largest absolute Gasteiger partial charge is 0.351 e. The van der Waals surface area contributed by atoms with E-state index in [-0.39, 0.29) is 5.49 Å². The first-order valence-electron chi connectivity index (χ1n) is 7.09. The van der Waals surface area contributed by atoms with E-state index >= 15 is 0 Å². The van der Waals surface area contributed by atoms with Crippen molar-refractivity contribution in [1.82, 2.24) is 19.4 Å². The van der Waals surface area contributed by atoms with E-state index in [2.05, 4.69) is 33.7 Å². The van der Waals surface area contributed by atoms with Crippen LogP contribution in [0.25, 0.3) is 11.2 Å². The molecule has 0 radical (unpaired) electrons. The normalized spacial score (nSPS) is 19.6. The standard InChI is InChI=1S/C14H18ClN7/c1-9-7-21(4-3-20(9)2)14-12(17)22(8-16)11-5-10(15)6-18-13(11)19-14/h5-6,8-9,16-17H,3-4,7H2,1-2H3/t9-/m0/s1. The third-order valence-electron chi connectivity index (χ3n) is 4.13. The second-order valence-electron chi connectivity index (χ2n) is 5.56. The van der Waals surface area contributed by atoms with Crippen LogP contribution in [0.4, 0.5) is 5.82 Å². The summed E-state index contributed by atoms with van der Waals surface area (Å²) in [6.45, 7) is 4.67. The summed E-state index contributed by atoms with van der Waals surface area (Å²) in [7, 11) is 2.10. The molecule has 0 aliphatic carbocycles.